The summed E-state index contributed by atoms with van der Waals surface area (Å²) in [6.07, 6.45) is 2.23. The molecule has 0 atom stereocenters. The Morgan fingerprint density at radius 3 is 2.38 bits per heavy atom. The van der Waals surface area contributed by atoms with Gasteiger partial charge in [-0.25, -0.2) is 0 Å². The summed E-state index contributed by atoms with van der Waals surface area (Å²) in [5.41, 5.74) is 5.40. The maximum atomic E-state index is 12.9. The van der Waals surface area contributed by atoms with E-state index in [0.717, 1.165) is 59.9 Å². The number of carbonyl (C=O) groups is 1. The third-order valence-electron chi connectivity index (χ3n) is 6.20. The minimum Gasteiger partial charge on any atom is -0.497 e. The van der Waals surface area contributed by atoms with Crippen LogP contribution in [0.2, 0.25) is 0 Å². The van der Waals surface area contributed by atoms with Crippen molar-refractivity contribution in [2.75, 3.05) is 27.3 Å². The Morgan fingerprint density at radius 1 is 0.969 bits per heavy atom. The van der Waals surface area contributed by atoms with Crippen LogP contribution in [0.4, 0.5) is 0 Å². The topological polar surface area (TPSA) is 51.7 Å². The lowest BCUT2D eigenvalue weighted by atomic mass is 9.91. The van der Waals surface area contributed by atoms with E-state index < -0.39 is 0 Å². The van der Waals surface area contributed by atoms with Crippen molar-refractivity contribution in [1.29, 1.82) is 0 Å². The lowest BCUT2D eigenvalue weighted by Crippen LogP contribution is -2.39. The van der Waals surface area contributed by atoms with Gasteiger partial charge in [-0.3, -0.25) is 9.78 Å². The zero-order chi connectivity index (χ0) is 22.5. The van der Waals surface area contributed by atoms with Crippen molar-refractivity contribution in [3.8, 4) is 22.6 Å². The number of para-hydroxylation sites is 1. The first-order valence-corrected chi connectivity index (χ1v) is 11.1. The Balaban J connectivity index is 1.42. The highest BCUT2D eigenvalue weighted by Gasteiger charge is 2.25. The second kappa shape index (κ2) is 9.86. The van der Waals surface area contributed by atoms with Gasteiger partial charge < -0.3 is 14.4 Å². The van der Waals surface area contributed by atoms with E-state index in [-0.39, 0.29) is 5.91 Å². The zero-order valence-corrected chi connectivity index (χ0v) is 19.0. The molecule has 0 N–H and O–H groups in total. The second-order valence-electron chi connectivity index (χ2n) is 8.29. The molecule has 1 amide bonds. The van der Waals surface area contributed by atoms with Crippen molar-refractivity contribution < 1.29 is 14.3 Å². The molecule has 0 spiro atoms. The molecule has 0 bridgehead atoms. The molecule has 1 aromatic heterocycles. The van der Waals surface area contributed by atoms with Crippen molar-refractivity contribution in [2.24, 2.45) is 0 Å². The summed E-state index contributed by atoms with van der Waals surface area (Å²) < 4.78 is 10.7. The number of piperidine rings is 1. The summed E-state index contributed by atoms with van der Waals surface area (Å²) in [5.74, 6) is 2.14. The fourth-order valence-corrected chi connectivity index (χ4v) is 4.40. The third kappa shape index (κ3) is 4.93. The Kier molecular flexibility index (Phi) is 6.74. The first-order valence-electron chi connectivity index (χ1n) is 11.1. The number of pyridine rings is 1. The van der Waals surface area contributed by atoms with Crippen LogP contribution in [0.3, 0.4) is 0 Å². The molecule has 0 unspecified atom stereocenters. The number of aromatic nitrogens is 1. The van der Waals surface area contributed by atoms with Gasteiger partial charge in [0.05, 0.1) is 20.6 Å². The van der Waals surface area contributed by atoms with E-state index in [4.69, 9.17) is 14.5 Å². The van der Waals surface area contributed by atoms with Gasteiger partial charge in [-0.15, -0.1) is 0 Å². The predicted octanol–water partition coefficient (Wildman–Crippen LogP) is 5.02. The maximum Gasteiger partial charge on any atom is 0.227 e. The molecule has 1 aliphatic rings. The quantitative estimate of drug-likeness (QED) is 0.551. The largest absolute Gasteiger partial charge is 0.497 e. The van der Waals surface area contributed by atoms with Gasteiger partial charge in [0.1, 0.15) is 11.5 Å². The van der Waals surface area contributed by atoms with Gasteiger partial charge >= 0.3 is 0 Å². The Morgan fingerprint density at radius 2 is 1.69 bits per heavy atom. The number of hydrogen-bond donors (Lipinski definition) is 0. The molecule has 5 heteroatoms. The van der Waals surface area contributed by atoms with Gasteiger partial charge in [0.2, 0.25) is 5.91 Å². The van der Waals surface area contributed by atoms with Crippen molar-refractivity contribution in [2.45, 2.75) is 32.1 Å². The Hall–Kier alpha value is -3.34. The van der Waals surface area contributed by atoms with Gasteiger partial charge in [0.25, 0.3) is 0 Å². The van der Waals surface area contributed by atoms with Gasteiger partial charge in [-0.1, -0.05) is 30.3 Å². The molecule has 0 aliphatic carbocycles. The van der Waals surface area contributed by atoms with Gasteiger partial charge in [-0.2, -0.15) is 0 Å². The molecule has 2 heterocycles. The summed E-state index contributed by atoms with van der Waals surface area (Å²) in [5, 5.41) is 0. The van der Waals surface area contributed by atoms with Crippen LogP contribution in [0.15, 0.2) is 60.7 Å². The van der Waals surface area contributed by atoms with Crippen LogP contribution in [0, 0.1) is 6.92 Å². The molecule has 0 radical (unpaired) electrons. The van der Waals surface area contributed by atoms with E-state index in [1.165, 1.54) is 5.56 Å². The smallest absolute Gasteiger partial charge is 0.227 e. The van der Waals surface area contributed by atoms with Crippen LogP contribution in [-0.2, 0) is 11.2 Å². The minimum absolute atomic E-state index is 0.157. The summed E-state index contributed by atoms with van der Waals surface area (Å²) in [4.78, 5) is 19.7. The van der Waals surface area contributed by atoms with Crippen LogP contribution < -0.4 is 9.47 Å². The number of likely N-dealkylation sites (tertiary alicyclic amines) is 1. The van der Waals surface area contributed by atoms with Gasteiger partial charge in [-0.05, 0) is 61.2 Å². The van der Waals surface area contributed by atoms with E-state index >= 15 is 0 Å². The van der Waals surface area contributed by atoms with E-state index in [1.807, 2.05) is 48.2 Å². The second-order valence-corrected chi connectivity index (χ2v) is 8.29. The van der Waals surface area contributed by atoms with Crippen molar-refractivity contribution in [3.05, 3.63) is 77.6 Å². The lowest BCUT2D eigenvalue weighted by Gasteiger charge is -2.32. The Labute approximate surface area is 190 Å². The normalized spacial score (nSPS) is 14.3. The highest BCUT2D eigenvalue weighted by molar-refractivity contribution is 5.79. The van der Waals surface area contributed by atoms with Crippen LogP contribution in [0.1, 0.15) is 35.7 Å². The van der Waals surface area contributed by atoms with Crippen molar-refractivity contribution in [1.82, 2.24) is 9.88 Å². The zero-order valence-electron chi connectivity index (χ0n) is 19.0. The maximum absolute atomic E-state index is 12.9. The Bertz CT molecular complexity index is 1070. The molecule has 5 nitrogen and oxygen atoms in total. The van der Waals surface area contributed by atoms with Crippen LogP contribution >= 0.6 is 0 Å². The number of carbonyl (C=O) groups excluding carboxylic acids is 1. The number of rotatable bonds is 6. The van der Waals surface area contributed by atoms with Gasteiger partial charge in [0, 0.05) is 36.0 Å². The monoisotopic (exact) mass is 430 g/mol. The molecule has 2 aromatic carbocycles. The molecule has 1 saturated heterocycles. The van der Waals surface area contributed by atoms with Crippen LogP contribution in [0.25, 0.3) is 11.1 Å². The summed E-state index contributed by atoms with van der Waals surface area (Å²) in [6.45, 7) is 3.56. The molecular formula is C27H30N2O3. The molecular weight excluding hydrogens is 400 g/mol. The highest BCUT2D eigenvalue weighted by atomic mass is 16.5. The number of benzene rings is 2. The highest BCUT2D eigenvalue weighted by Crippen LogP contribution is 2.31. The minimum atomic E-state index is 0.157. The van der Waals surface area contributed by atoms with E-state index in [0.29, 0.717) is 12.3 Å². The summed E-state index contributed by atoms with van der Waals surface area (Å²) in [6, 6.07) is 20.2. The number of ether oxygens (including phenoxy) is 2. The lowest BCUT2D eigenvalue weighted by molar-refractivity contribution is -0.131. The molecule has 3 aromatic rings. The van der Waals surface area contributed by atoms with Gasteiger partial charge in [0.15, 0.2) is 0 Å². The van der Waals surface area contributed by atoms with Crippen molar-refractivity contribution in [3.63, 3.8) is 0 Å². The summed E-state index contributed by atoms with van der Waals surface area (Å²) in [7, 11) is 3.32. The van der Waals surface area contributed by atoms with Crippen molar-refractivity contribution >= 4 is 5.91 Å². The number of methoxy groups -OCH3 is 2. The van der Waals surface area contributed by atoms with E-state index in [2.05, 4.69) is 24.3 Å². The van der Waals surface area contributed by atoms with E-state index in [1.54, 1.807) is 14.2 Å². The number of hydrogen-bond acceptors (Lipinski definition) is 4. The standard InChI is InChI=1S/C27H30N2O3/c1-19-16-23(20-8-10-24(31-2)11-9-20)17-25(28-19)21-12-14-29(15-13-21)27(30)18-22-6-4-5-7-26(22)32-3/h4-11,16-17,21H,12-15,18H2,1-3H3. The SMILES string of the molecule is COc1ccc(-c2cc(C)nc(C3CCN(C(=O)Cc4ccccc4OC)CC3)c2)cc1. The number of nitrogens with zero attached hydrogens (tertiary/aromatic N) is 2. The predicted molar refractivity (Wildman–Crippen MR) is 126 cm³/mol. The first-order chi connectivity index (χ1) is 15.6. The third-order valence-corrected chi connectivity index (χ3v) is 6.20. The molecule has 1 fully saturated rings. The number of aryl methyl sites for hydroxylation is 1. The summed E-state index contributed by atoms with van der Waals surface area (Å²) >= 11 is 0. The molecule has 1 aliphatic heterocycles. The van der Waals surface area contributed by atoms with E-state index in [9.17, 15) is 4.79 Å². The van der Waals surface area contributed by atoms with Crippen LogP contribution in [-0.4, -0.2) is 43.1 Å². The average molecular weight is 431 g/mol. The molecule has 32 heavy (non-hydrogen) atoms. The fourth-order valence-electron chi connectivity index (χ4n) is 4.40. The fraction of sp³-hybridized carbons (Fsp3) is 0.333. The molecule has 0 saturated carbocycles. The number of amides is 1. The molecule has 166 valence electrons. The molecule has 4 rings (SSSR count). The first kappa shape index (κ1) is 21.9. The van der Waals surface area contributed by atoms with Crippen LogP contribution in [0.5, 0.6) is 11.5 Å². The average Bonchev–Trinajstić information content (AvgIpc) is 2.84.